The summed E-state index contributed by atoms with van der Waals surface area (Å²) in [6, 6.07) is 8.00. The molecule has 2 heterocycles. The second-order valence-electron chi connectivity index (χ2n) is 5.95. The fourth-order valence-corrected chi connectivity index (χ4v) is 2.74. The molecule has 0 radical (unpaired) electrons. The lowest BCUT2D eigenvalue weighted by atomic mass is 9.94. The maximum Gasteiger partial charge on any atom is 0.274 e. The average molecular weight is 372 g/mol. The van der Waals surface area contributed by atoms with Crippen LogP contribution in [0, 0.1) is 12.8 Å². The molecule has 0 bridgehead atoms. The lowest BCUT2D eigenvalue weighted by Crippen LogP contribution is -2.50. The van der Waals surface area contributed by atoms with Gasteiger partial charge < -0.3 is 15.1 Å². The quantitative estimate of drug-likeness (QED) is 0.868. The number of oxazole rings is 1. The fraction of sp³-hybridized carbons (Fsp3) is 0.412. The molecule has 2 aromatic rings. The molecule has 2 atom stereocenters. The van der Waals surface area contributed by atoms with Crippen molar-refractivity contribution in [1.29, 1.82) is 0 Å². The molecule has 7 heteroatoms. The first-order chi connectivity index (χ1) is 10.6. The summed E-state index contributed by atoms with van der Waals surface area (Å²) in [6.07, 6.45) is 2.39. The summed E-state index contributed by atoms with van der Waals surface area (Å²) >= 11 is 0. The molecular weight excluding hydrogens is 349 g/mol. The van der Waals surface area contributed by atoms with Crippen molar-refractivity contribution >= 4 is 30.7 Å². The van der Waals surface area contributed by atoms with E-state index in [2.05, 4.69) is 22.5 Å². The van der Waals surface area contributed by atoms with Gasteiger partial charge in [-0.25, -0.2) is 4.98 Å². The van der Waals surface area contributed by atoms with Crippen molar-refractivity contribution in [3.8, 4) is 11.3 Å². The maximum absolute atomic E-state index is 12.5. The Bertz CT molecular complexity index is 658. The van der Waals surface area contributed by atoms with Gasteiger partial charge >= 0.3 is 0 Å². The standard InChI is InChI=1S/C17H21N3O2.2ClH/c1-11-3-5-13(6-4-11)16-15(19-10-22-16)17(21)20-14-9-18-8-7-12(14)2;;/h3-6,10,12,14,18H,7-9H2,1-2H3,(H,20,21);2*1H. The second kappa shape index (κ2) is 9.06. The lowest BCUT2D eigenvalue weighted by molar-refractivity contribution is 0.0911. The average Bonchev–Trinajstić information content (AvgIpc) is 3.00. The number of piperidine rings is 1. The molecule has 1 aromatic heterocycles. The Balaban J connectivity index is 0.00000144. The summed E-state index contributed by atoms with van der Waals surface area (Å²) in [4.78, 5) is 16.6. The number of halogens is 2. The number of carbonyl (C=O) groups is 1. The normalized spacial score (nSPS) is 19.8. The molecule has 0 saturated carbocycles. The number of carbonyl (C=O) groups excluding carboxylic acids is 1. The van der Waals surface area contributed by atoms with Crippen LogP contribution in [0.2, 0.25) is 0 Å². The molecular formula is C17H23Cl2N3O2. The highest BCUT2D eigenvalue weighted by molar-refractivity contribution is 5.97. The van der Waals surface area contributed by atoms with Crippen LogP contribution in [0.15, 0.2) is 35.1 Å². The molecule has 24 heavy (non-hydrogen) atoms. The smallest absolute Gasteiger partial charge is 0.274 e. The second-order valence-corrected chi connectivity index (χ2v) is 5.95. The lowest BCUT2D eigenvalue weighted by Gasteiger charge is -2.30. The number of hydrogen-bond acceptors (Lipinski definition) is 4. The molecule has 0 spiro atoms. The molecule has 3 rings (SSSR count). The van der Waals surface area contributed by atoms with Crippen LogP contribution >= 0.6 is 24.8 Å². The molecule has 2 unspecified atom stereocenters. The molecule has 132 valence electrons. The number of amides is 1. The van der Waals surface area contributed by atoms with Crippen molar-refractivity contribution in [1.82, 2.24) is 15.6 Å². The molecule has 1 aromatic carbocycles. The third-order valence-corrected chi connectivity index (χ3v) is 4.24. The van der Waals surface area contributed by atoms with E-state index in [1.54, 1.807) is 0 Å². The van der Waals surface area contributed by atoms with E-state index < -0.39 is 0 Å². The number of nitrogens with one attached hydrogen (secondary N) is 2. The van der Waals surface area contributed by atoms with Gasteiger partial charge in [-0.1, -0.05) is 36.8 Å². The van der Waals surface area contributed by atoms with Gasteiger partial charge in [0, 0.05) is 18.2 Å². The minimum absolute atomic E-state index is 0. The van der Waals surface area contributed by atoms with E-state index >= 15 is 0 Å². The number of benzene rings is 1. The topological polar surface area (TPSA) is 67.2 Å². The Morgan fingerprint density at radius 3 is 2.67 bits per heavy atom. The predicted octanol–water partition coefficient (Wildman–Crippen LogP) is 3.22. The summed E-state index contributed by atoms with van der Waals surface area (Å²) in [6.45, 7) is 5.99. The van der Waals surface area contributed by atoms with E-state index in [4.69, 9.17) is 4.42 Å². The monoisotopic (exact) mass is 371 g/mol. The number of hydrogen-bond donors (Lipinski definition) is 2. The molecule has 1 fully saturated rings. The van der Waals surface area contributed by atoms with Crippen LogP contribution in [-0.4, -0.2) is 30.0 Å². The molecule has 1 aliphatic heterocycles. The zero-order valence-corrected chi connectivity index (χ0v) is 15.4. The summed E-state index contributed by atoms with van der Waals surface area (Å²) in [7, 11) is 0. The van der Waals surface area contributed by atoms with E-state index in [1.807, 2.05) is 31.2 Å². The first kappa shape index (κ1) is 20.5. The molecule has 1 saturated heterocycles. The Labute approximate surface area is 154 Å². The van der Waals surface area contributed by atoms with Crippen LogP contribution in [0.3, 0.4) is 0 Å². The summed E-state index contributed by atoms with van der Waals surface area (Å²) in [5.74, 6) is 0.804. The van der Waals surface area contributed by atoms with Crippen LogP contribution in [0.4, 0.5) is 0 Å². The van der Waals surface area contributed by atoms with Gasteiger partial charge in [0.1, 0.15) is 0 Å². The van der Waals surface area contributed by atoms with Crippen LogP contribution in [-0.2, 0) is 0 Å². The minimum atomic E-state index is -0.176. The zero-order valence-electron chi connectivity index (χ0n) is 13.7. The predicted molar refractivity (Wildman–Crippen MR) is 99.1 cm³/mol. The third kappa shape index (κ3) is 4.50. The highest BCUT2D eigenvalue weighted by Gasteiger charge is 2.26. The van der Waals surface area contributed by atoms with E-state index in [0.717, 1.165) is 30.6 Å². The van der Waals surface area contributed by atoms with Gasteiger partial charge in [-0.15, -0.1) is 24.8 Å². The fourth-order valence-electron chi connectivity index (χ4n) is 2.74. The first-order valence-corrected chi connectivity index (χ1v) is 7.67. The SMILES string of the molecule is Cc1ccc(-c2ocnc2C(=O)NC2CNCCC2C)cc1.Cl.Cl. The van der Waals surface area contributed by atoms with Crippen molar-refractivity contribution in [2.24, 2.45) is 5.92 Å². The Morgan fingerprint density at radius 2 is 2.00 bits per heavy atom. The molecule has 2 N–H and O–H groups in total. The van der Waals surface area contributed by atoms with Crippen LogP contribution < -0.4 is 10.6 Å². The third-order valence-electron chi connectivity index (χ3n) is 4.24. The van der Waals surface area contributed by atoms with E-state index in [1.165, 1.54) is 6.39 Å². The zero-order chi connectivity index (χ0) is 15.5. The van der Waals surface area contributed by atoms with Gasteiger partial charge in [-0.05, 0) is 25.8 Å². The van der Waals surface area contributed by atoms with E-state index in [-0.39, 0.29) is 36.8 Å². The number of nitrogens with zero attached hydrogens (tertiary/aromatic N) is 1. The highest BCUT2D eigenvalue weighted by Crippen LogP contribution is 2.24. The van der Waals surface area contributed by atoms with Crippen molar-refractivity contribution in [2.75, 3.05) is 13.1 Å². The first-order valence-electron chi connectivity index (χ1n) is 7.67. The maximum atomic E-state index is 12.5. The highest BCUT2D eigenvalue weighted by atomic mass is 35.5. The molecule has 0 aliphatic carbocycles. The largest absolute Gasteiger partial charge is 0.443 e. The van der Waals surface area contributed by atoms with E-state index in [9.17, 15) is 4.79 Å². The van der Waals surface area contributed by atoms with Gasteiger partial charge in [0.25, 0.3) is 5.91 Å². The van der Waals surface area contributed by atoms with Gasteiger partial charge in [0.15, 0.2) is 17.8 Å². The van der Waals surface area contributed by atoms with Crippen molar-refractivity contribution < 1.29 is 9.21 Å². The van der Waals surface area contributed by atoms with Gasteiger partial charge in [-0.3, -0.25) is 4.79 Å². The number of aryl methyl sites for hydroxylation is 1. The molecule has 1 amide bonds. The van der Waals surface area contributed by atoms with Crippen molar-refractivity contribution in [2.45, 2.75) is 26.3 Å². The van der Waals surface area contributed by atoms with Crippen LogP contribution in [0.1, 0.15) is 29.4 Å². The van der Waals surface area contributed by atoms with Gasteiger partial charge in [0.05, 0.1) is 0 Å². The summed E-state index contributed by atoms with van der Waals surface area (Å²) in [5.41, 5.74) is 2.38. The summed E-state index contributed by atoms with van der Waals surface area (Å²) in [5, 5.41) is 6.38. The van der Waals surface area contributed by atoms with E-state index in [0.29, 0.717) is 17.4 Å². The van der Waals surface area contributed by atoms with Gasteiger partial charge in [-0.2, -0.15) is 0 Å². The minimum Gasteiger partial charge on any atom is -0.443 e. The Kier molecular flexibility index (Phi) is 7.73. The molecule has 1 aliphatic rings. The Morgan fingerprint density at radius 1 is 1.29 bits per heavy atom. The number of rotatable bonds is 3. The van der Waals surface area contributed by atoms with Crippen LogP contribution in [0.5, 0.6) is 0 Å². The Hall–Kier alpha value is -1.56. The van der Waals surface area contributed by atoms with Crippen molar-refractivity contribution in [3.63, 3.8) is 0 Å². The number of aromatic nitrogens is 1. The van der Waals surface area contributed by atoms with Gasteiger partial charge in [0.2, 0.25) is 0 Å². The van der Waals surface area contributed by atoms with Crippen molar-refractivity contribution in [3.05, 3.63) is 41.9 Å². The van der Waals surface area contributed by atoms with Crippen LogP contribution in [0.25, 0.3) is 11.3 Å². The molecule has 5 nitrogen and oxygen atoms in total. The summed E-state index contributed by atoms with van der Waals surface area (Å²) < 4.78 is 5.44.